The Labute approximate surface area is 160 Å². The molecule has 0 spiro atoms. The zero-order valence-electron chi connectivity index (χ0n) is 15.3. The van der Waals surface area contributed by atoms with Crippen LogP contribution in [0.4, 0.5) is 0 Å². The van der Waals surface area contributed by atoms with Crippen LogP contribution in [0.15, 0.2) is 36.5 Å². The average molecular weight is 382 g/mol. The number of fused-ring (bicyclic) bond motifs is 1. The summed E-state index contributed by atoms with van der Waals surface area (Å²) in [4.78, 5) is 32.9. The molecule has 0 unspecified atom stereocenters. The summed E-state index contributed by atoms with van der Waals surface area (Å²) in [5, 5.41) is 4.30. The van der Waals surface area contributed by atoms with Crippen LogP contribution in [-0.4, -0.2) is 40.7 Å². The fourth-order valence-corrected chi connectivity index (χ4v) is 2.77. The normalized spacial score (nSPS) is 13.2. The third-order valence-corrected chi connectivity index (χ3v) is 4.42. The van der Waals surface area contributed by atoms with Crippen molar-refractivity contribution in [2.75, 3.05) is 14.2 Å². The molecule has 2 heterocycles. The molecule has 1 aliphatic carbocycles. The highest BCUT2D eigenvalue weighted by molar-refractivity contribution is 5.93. The predicted octanol–water partition coefficient (Wildman–Crippen LogP) is 2.01. The SMILES string of the molecule is COc1ccc(-c2ccnc3cc(C(=O)NOC(=O)C4CC4)nn23)cc1OC. The van der Waals surface area contributed by atoms with E-state index in [0.29, 0.717) is 22.8 Å². The van der Waals surface area contributed by atoms with Gasteiger partial charge in [0.2, 0.25) is 0 Å². The van der Waals surface area contributed by atoms with Crippen molar-refractivity contribution in [3.8, 4) is 22.8 Å². The number of hydroxylamine groups is 1. The largest absolute Gasteiger partial charge is 0.493 e. The molecule has 0 atom stereocenters. The minimum Gasteiger partial charge on any atom is -0.493 e. The highest BCUT2D eigenvalue weighted by atomic mass is 16.7. The Morgan fingerprint density at radius 1 is 1.11 bits per heavy atom. The minimum atomic E-state index is -0.613. The van der Waals surface area contributed by atoms with Crippen molar-refractivity contribution in [1.82, 2.24) is 20.1 Å². The second kappa shape index (κ2) is 7.18. The monoisotopic (exact) mass is 382 g/mol. The highest BCUT2D eigenvalue weighted by Crippen LogP contribution is 2.32. The number of carbonyl (C=O) groups excluding carboxylic acids is 2. The number of hydrogen-bond acceptors (Lipinski definition) is 7. The number of carbonyl (C=O) groups is 2. The van der Waals surface area contributed by atoms with Gasteiger partial charge in [0.1, 0.15) is 0 Å². The maximum Gasteiger partial charge on any atom is 0.335 e. The van der Waals surface area contributed by atoms with Gasteiger partial charge in [-0.2, -0.15) is 10.6 Å². The minimum absolute atomic E-state index is 0.0871. The maximum atomic E-state index is 12.3. The third kappa shape index (κ3) is 3.34. The molecule has 4 rings (SSSR count). The Balaban J connectivity index is 1.63. The number of benzene rings is 1. The molecule has 1 aliphatic rings. The van der Waals surface area contributed by atoms with Gasteiger partial charge in [-0.15, -0.1) is 0 Å². The molecule has 0 aliphatic heterocycles. The summed E-state index contributed by atoms with van der Waals surface area (Å²) in [6, 6.07) is 8.75. The van der Waals surface area contributed by atoms with Crippen LogP contribution >= 0.6 is 0 Å². The number of hydrogen-bond donors (Lipinski definition) is 1. The van der Waals surface area contributed by atoms with Gasteiger partial charge < -0.3 is 14.3 Å². The smallest absolute Gasteiger partial charge is 0.335 e. The first kappa shape index (κ1) is 17.8. The summed E-state index contributed by atoms with van der Waals surface area (Å²) in [5.41, 5.74) is 4.22. The molecule has 28 heavy (non-hydrogen) atoms. The van der Waals surface area contributed by atoms with E-state index in [1.807, 2.05) is 12.1 Å². The van der Waals surface area contributed by atoms with E-state index in [2.05, 4.69) is 15.6 Å². The van der Waals surface area contributed by atoms with Crippen LogP contribution in [0.5, 0.6) is 11.5 Å². The van der Waals surface area contributed by atoms with Gasteiger partial charge in [0, 0.05) is 17.8 Å². The van der Waals surface area contributed by atoms with E-state index in [0.717, 1.165) is 18.4 Å². The second-order valence-electron chi connectivity index (χ2n) is 6.33. The lowest BCUT2D eigenvalue weighted by molar-refractivity contribution is -0.150. The first-order valence-electron chi connectivity index (χ1n) is 8.69. The molecule has 1 saturated carbocycles. The number of rotatable bonds is 5. The molecule has 9 nitrogen and oxygen atoms in total. The zero-order chi connectivity index (χ0) is 19.7. The summed E-state index contributed by atoms with van der Waals surface area (Å²) in [5.74, 6) is 0.0235. The standard InChI is InChI=1S/C19H18N4O5/c1-26-15-6-5-12(9-16(15)27-2)14-7-8-20-17-10-13(21-23(14)17)18(24)22-28-19(25)11-3-4-11/h5-11H,3-4H2,1-2H3,(H,22,24). The van der Waals surface area contributed by atoms with Crippen molar-refractivity contribution in [2.45, 2.75) is 12.8 Å². The van der Waals surface area contributed by atoms with Crippen LogP contribution < -0.4 is 15.0 Å². The second-order valence-corrected chi connectivity index (χ2v) is 6.33. The first-order chi connectivity index (χ1) is 13.6. The van der Waals surface area contributed by atoms with Gasteiger partial charge in [0.05, 0.1) is 25.8 Å². The lowest BCUT2D eigenvalue weighted by atomic mass is 10.1. The van der Waals surface area contributed by atoms with Gasteiger partial charge in [0.25, 0.3) is 0 Å². The van der Waals surface area contributed by atoms with Crippen LogP contribution in [0, 0.1) is 5.92 Å². The van der Waals surface area contributed by atoms with E-state index < -0.39 is 11.9 Å². The van der Waals surface area contributed by atoms with Gasteiger partial charge in [-0.3, -0.25) is 4.79 Å². The fourth-order valence-electron chi connectivity index (χ4n) is 2.77. The quantitative estimate of drug-likeness (QED) is 0.673. The van der Waals surface area contributed by atoms with Crippen molar-refractivity contribution in [2.24, 2.45) is 5.92 Å². The predicted molar refractivity (Wildman–Crippen MR) is 97.8 cm³/mol. The van der Waals surface area contributed by atoms with Crippen molar-refractivity contribution in [1.29, 1.82) is 0 Å². The Hall–Kier alpha value is -3.62. The maximum absolute atomic E-state index is 12.3. The van der Waals surface area contributed by atoms with Gasteiger partial charge >= 0.3 is 11.9 Å². The summed E-state index contributed by atoms with van der Waals surface area (Å²) in [6.45, 7) is 0. The number of nitrogens with one attached hydrogen (secondary N) is 1. The number of ether oxygens (including phenoxy) is 2. The molecule has 0 radical (unpaired) electrons. The Morgan fingerprint density at radius 3 is 2.61 bits per heavy atom. The van der Waals surface area contributed by atoms with Crippen LogP contribution in [0.2, 0.25) is 0 Å². The summed E-state index contributed by atoms with van der Waals surface area (Å²) >= 11 is 0. The molecule has 1 N–H and O–H groups in total. The lowest BCUT2D eigenvalue weighted by Crippen LogP contribution is -2.28. The number of nitrogens with zero attached hydrogens (tertiary/aromatic N) is 3. The topological polar surface area (TPSA) is 104 Å². The van der Waals surface area contributed by atoms with Crippen molar-refractivity contribution >= 4 is 17.5 Å². The van der Waals surface area contributed by atoms with Crippen LogP contribution in [0.25, 0.3) is 16.9 Å². The fraction of sp³-hybridized carbons (Fsp3) is 0.263. The van der Waals surface area contributed by atoms with Crippen molar-refractivity contribution in [3.05, 3.63) is 42.2 Å². The highest BCUT2D eigenvalue weighted by Gasteiger charge is 2.32. The number of amides is 1. The van der Waals surface area contributed by atoms with E-state index in [1.165, 1.54) is 6.07 Å². The molecule has 144 valence electrons. The molecule has 1 amide bonds. The Kier molecular flexibility index (Phi) is 4.56. The molecule has 3 aromatic rings. The molecular formula is C19H18N4O5. The summed E-state index contributed by atoms with van der Waals surface area (Å²) in [6.07, 6.45) is 3.21. The van der Waals surface area contributed by atoms with Gasteiger partial charge in [-0.1, -0.05) is 0 Å². The molecule has 2 aromatic heterocycles. The van der Waals surface area contributed by atoms with Crippen LogP contribution in [0.1, 0.15) is 23.3 Å². The van der Waals surface area contributed by atoms with Crippen LogP contribution in [-0.2, 0) is 9.63 Å². The van der Waals surface area contributed by atoms with Gasteiger partial charge in [0.15, 0.2) is 22.8 Å². The molecule has 0 saturated heterocycles. The van der Waals surface area contributed by atoms with E-state index in [4.69, 9.17) is 14.3 Å². The Morgan fingerprint density at radius 2 is 1.89 bits per heavy atom. The van der Waals surface area contributed by atoms with E-state index in [1.54, 1.807) is 37.1 Å². The molecule has 1 fully saturated rings. The lowest BCUT2D eigenvalue weighted by Gasteiger charge is -2.10. The Bertz CT molecular complexity index is 1060. The van der Waals surface area contributed by atoms with Crippen molar-refractivity contribution in [3.63, 3.8) is 0 Å². The first-order valence-corrected chi connectivity index (χ1v) is 8.69. The third-order valence-electron chi connectivity index (χ3n) is 4.42. The summed E-state index contributed by atoms with van der Waals surface area (Å²) in [7, 11) is 3.12. The van der Waals surface area contributed by atoms with Gasteiger partial charge in [-0.25, -0.2) is 14.3 Å². The molecular weight excluding hydrogens is 364 g/mol. The van der Waals surface area contributed by atoms with E-state index >= 15 is 0 Å². The van der Waals surface area contributed by atoms with E-state index in [9.17, 15) is 9.59 Å². The van der Waals surface area contributed by atoms with E-state index in [-0.39, 0.29) is 11.6 Å². The van der Waals surface area contributed by atoms with Gasteiger partial charge in [-0.05, 0) is 37.1 Å². The average Bonchev–Trinajstić information content (AvgIpc) is 3.49. The number of aromatic nitrogens is 3. The zero-order valence-corrected chi connectivity index (χ0v) is 15.3. The molecule has 9 heteroatoms. The summed E-state index contributed by atoms with van der Waals surface area (Å²) < 4.78 is 12.2. The van der Waals surface area contributed by atoms with Crippen molar-refractivity contribution < 1.29 is 23.9 Å². The number of methoxy groups -OCH3 is 2. The molecule has 0 bridgehead atoms. The molecule has 1 aromatic carbocycles. The van der Waals surface area contributed by atoms with Crippen LogP contribution in [0.3, 0.4) is 0 Å².